The second-order valence-electron chi connectivity index (χ2n) is 9.27. The van der Waals surface area contributed by atoms with Crippen LogP contribution in [0, 0.1) is 16.7 Å². The van der Waals surface area contributed by atoms with E-state index in [0.29, 0.717) is 30.9 Å². The average molecular weight is 395 g/mol. The third-order valence-electron chi connectivity index (χ3n) is 6.59. The summed E-state index contributed by atoms with van der Waals surface area (Å²) in [7, 11) is 0. The number of hydrogen-bond acceptors (Lipinski definition) is 1. The van der Waals surface area contributed by atoms with E-state index < -0.39 is 5.92 Å². The largest absolute Gasteiger partial charge is 0.498 e. The van der Waals surface area contributed by atoms with E-state index in [9.17, 15) is 8.78 Å². The van der Waals surface area contributed by atoms with Crippen LogP contribution >= 0.6 is 0 Å². The summed E-state index contributed by atoms with van der Waals surface area (Å²) in [6.07, 6.45) is 7.93. The first kappa shape index (κ1) is 24.7. The first-order valence-corrected chi connectivity index (χ1v) is 10.6. The molecule has 0 N–H and O–H groups in total. The molecule has 0 amide bonds. The van der Waals surface area contributed by atoms with E-state index in [-0.39, 0.29) is 29.2 Å². The maximum Gasteiger partial charge on any atom is 0.272 e. The van der Waals surface area contributed by atoms with Gasteiger partial charge in [-0.15, -0.1) is 6.58 Å². The van der Waals surface area contributed by atoms with Crippen LogP contribution in [0.25, 0.3) is 0 Å². The number of hydrogen-bond donors (Lipinski definition) is 0. The molecule has 3 heteroatoms. The van der Waals surface area contributed by atoms with Crippen LogP contribution in [-0.4, -0.2) is 12.5 Å². The molecule has 1 aliphatic carbocycles. The first-order valence-electron chi connectivity index (χ1n) is 10.6. The lowest BCUT2D eigenvalue weighted by Gasteiger charge is -2.51. The molecule has 28 heavy (non-hydrogen) atoms. The predicted molar refractivity (Wildman–Crippen MR) is 117 cm³/mol. The van der Waals surface area contributed by atoms with Crippen molar-refractivity contribution in [2.75, 3.05) is 6.61 Å². The van der Waals surface area contributed by atoms with Crippen LogP contribution in [0.4, 0.5) is 8.78 Å². The molecule has 0 aromatic heterocycles. The highest BCUT2D eigenvalue weighted by molar-refractivity contribution is 5.28. The maximum absolute atomic E-state index is 14.5. The molecule has 1 aliphatic rings. The smallest absolute Gasteiger partial charge is 0.272 e. The van der Waals surface area contributed by atoms with Crippen LogP contribution < -0.4 is 0 Å². The average Bonchev–Trinajstić information content (AvgIpc) is 2.61. The highest BCUT2D eigenvalue weighted by Gasteiger charge is 2.50. The van der Waals surface area contributed by atoms with Gasteiger partial charge in [0.2, 0.25) is 0 Å². The molecule has 2 atom stereocenters. The van der Waals surface area contributed by atoms with Gasteiger partial charge in [-0.2, -0.15) is 0 Å². The Morgan fingerprint density at radius 1 is 1.25 bits per heavy atom. The van der Waals surface area contributed by atoms with E-state index in [1.807, 2.05) is 6.08 Å². The number of alkyl halides is 2. The molecule has 0 saturated heterocycles. The topological polar surface area (TPSA) is 9.23 Å². The minimum Gasteiger partial charge on any atom is -0.498 e. The van der Waals surface area contributed by atoms with Crippen molar-refractivity contribution in [1.29, 1.82) is 0 Å². The molecule has 0 bridgehead atoms. The zero-order chi connectivity index (χ0) is 21.6. The molecule has 0 saturated carbocycles. The monoisotopic (exact) mass is 394 g/mol. The Hall–Kier alpha value is -1.38. The zero-order valence-corrected chi connectivity index (χ0v) is 18.7. The van der Waals surface area contributed by atoms with Gasteiger partial charge in [0.15, 0.2) is 0 Å². The number of rotatable bonds is 14. The Bertz CT molecular complexity index is 600. The van der Waals surface area contributed by atoms with Gasteiger partial charge in [0.1, 0.15) is 0 Å². The van der Waals surface area contributed by atoms with Crippen molar-refractivity contribution in [3.63, 3.8) is 0 Å². The number of halogens is 2. The summed E-state index contributed by atoms with van der Waals surface area (Å²) in [5.74, 6) is -1.45. The number of allylic oxidation sites excluding steroid dienone is 5. The maximum atomic E-state index is 14.5. The van der Waals surface area contributed by atoms with Gasteiger partial charge < -0.3 is 4.74 Å². The normalized spacial score (nSPS) is 22.0. The summed E-state index contributed by atoms with van der Waals surface area (Å²) in [5.41, 5.74) is 0.738. The van der Waals surface area contributed by atoms with Gasteiger partial charge >= 0.3 is 0 Å². The van der Waals surface area contributed by atoms with E-state index in [1.54, 1.807) is 0 Å². The molecular weight excluding hydrogens is 354 g/mol. The van der Waals surface area contributed by atoms with Gasteiger partial charge in [-0.05, 0) is 61.5 Å². The summed E-state index contributed by atoms with van der Waals surface area (Å²) in [4.78, 5) is 0. The molecule has 0 aliphatic heterocycles. The molecule has 1 rings (SSSR count). The van der Waals surface area contributed by atoms with Gasteiger partial charge in [-0.1, -0.05) is 59.4 Å². The third-order valence-corrected chi connectivity index (χ3v) is 6.59. The molecule has 0 spiro atoms. The lowest BCUT2D eigenvalue weighted by atomic mass is 9.56. The number of ether oxygens (including phenoxy) is 1. The van der Waals surface area contributed by atoms with Gasteiger partial charge in [-0.25, -0.2) is 8.78 Å². The fraction of sp³-hybridized carbons (Fsp3) is 0.680. The van der Waals surface area contributed by atoms with Gasteiger partial charge in [0, 0.05) is 11.8 Å². The summed E-state index contributed by atoms with van der Waals surface area (Å²) >= 11 is 0. The Labute approximate surface area is 171 Å². The first-order chi connectivity index (χ1) is 12.9. The van der Waals surface area contributed by atoms with Gasteiger partial charge in [0.05, 0.1) is 12.4 Å². The second kappa shape index (κ2) is 9.89. The Kier molecular flexibility index (Phi) is 8.71. The molecule has 0 aromatic rings. The fourth-order valence-corrected chi connectivity index (χ4v) is 3.75. The quantitative estimate of drug-likeness (QED) is 0.213. The van der Waals surface area contributed by atoms with Crippen molar-refractivity contribution in [3.8, 4) is 0 Å². The summed E-state index contributed by atoms with van der Waals surface area (Å²) in [6, 6.07) is 0. The molecular formula is C25H40F2O. The second-order valence-corrected chi connectivity index (χ2v) is 9.27. The SMILES string of the molecule is C=CCC(C)CCC(=C)CC(F)(F)C(=C)CCCOC1=CC(C)(C)C1(C)CC. The van der Waals surface area contributed by atoms with Crippen LogP contribution in [0.5, 0.6) is 0 Å². The minimum absolute atomic E-state index is 0.0161. The Morgan fingerprint density at radius 2 is 1.89 bits per heavy atom. The van der Waals surface area contributed by atoms with Crippen LogP contribution in [0.1, 0.15) is 79.6 Å². The molecule has 0 heterocycles. The Balaban J connectivity index is 2.37. The summed E-state index contributed by atoms with van der Waals surface area (Å²) in [6.45, 7) is 22.5. The van der Waals surface area contributed by atoms with Gasteiger partial charge in [-0.3, -0.25) is 0 Å². The van der Waals surface area contributed by atoms with Crippen molar-refractivity contribution in [2.45, 2.75) is 85.5 Å². The van der Waals surface area contributed by atoms with Crippen molar-refractivity contribution in [3.05, 3.63) is 48.8 Å². The Morgan fingerprint density at radius 3 is 2.43 bits per heavy atom. The van der Waals surface area contributed by atoms with E-state index in [1.165, 1.54) is 0 Å². The molecule has 160 valence electrons. The van der Waals surface area contributed by atoms with Crippen molar-refractivity contribution in [1.82, 2.24) is 0 Å². The van der Waals surface area contributed by atoms with Crippen LogP contribution in [0.15, 0.2) is 48.8 Å². The predicted octanol–water partition coefficient (Wildman–Crippen LogP) is 8.25. The van der Waals surface area contributed by atoms with Crippen LogP contribution in [-0.2, 0) is 4.74 Å². The molecule has 2 unspecified atom stereocenters. The molecule has 0 aromatic carbocycles. The van der Waals surface area contributed by atoms with E-state index in [0.717, 1.165) is 25.0 Å². The standard InChI is InChI=1S/C25H40F2O/c1-9-12-19(3)14-15-20(4)17-25(26,27)21(5)13-11-16-28-22-18-23(6,7)24(22,8)10-2/h9,18-19H,1,4-5,10-17H2,2-3,6-8H3. The third kappa shape index (κ3) is 6.06. The summed E-state index contributed by atoms with van der Waals surface area (Å²) in [5, 5.41) is 0. The van der Waals surface area contributed by atoms with E-state index in [4.69, 9.17) is 4.74 Å². The van der Waals surface area contributed by atoms with E-state index in [2.05, 4.69) is 60.4 Å². The van der Waals surface area contributed by atoms with E-state index >= 15 is 0 Å². The lowest BCUT2D eigenvalue weighted by molar-refractivity contribution is 0.0161. The van der Waals surface area contributed by atoms with Crippen molar-refractivity contribution < 1.29 is 13.5 Å². The van der Waals surface area contributed by atoms with Crippen molar-refractivity contribution >= 4 is 0 Å². The van der Waals surface area contributed by atoms with Crippen molar-refractivity contribution in [2.24, 2.45) is 16.7 Å². The van der Waals surface area contributed by atoms with Gasteiger partial charge in [0.25, 0.3) is 5.92 Å². The fourth-order valence-electron chi connectivity index (χ4n) is 3.75. The molecule has 1 nitrogen and oxygen atoms in total. The molecule has 0 radical (unpaired) electrons. The summed E-state index contributed by atoms with van der Waals surface area (Å²) < 4.78 is 34.8. The van der Waals surface area contributed by atoms with Crippen LogP contribution in [0.3, 0.4) is 0 Å². The lowest BCUT2D eigenvalue weighted by Crippen LogP contribution is -2.44. The zero-order valence-electron chi connectivity index (χ0n) is 18.7. The van der Waals surface area contributed by atoms with Crippen LogP contribution in [0.2, 0.25) is 0 Å². The molecule has 0 fully saturated rings. The highest BCUT2D eigenvalue weighted by atomic mass is 19.3. The minimum atomic E-state index is -2.89. The highest BCUT2D eigenvalue weighted by Crippen LogP contribution is 2.57.